The number of anilines is 1. The standard InChI is InChI=1S/C21H30ClN5O3S/c1-5-10-27(19(28)18-24-15(6-2)17(22)25-18)14-8-11-26(12-9-14)21-23-13(4)16(31-21)20(29)30-7-3/h14H,5-12H2,1-4H3,(H,24,25). The maximum atomic E-state index is 13.1. The Kier molecular flexibility index (Phi) is 7.94. The van der Waals surface area contributed by atoms with E-state index < -0.39 is 0 Å². The third-order valence-corrected chi connectivity index (χ3v) is 6.94. The summed E-state index contributed by atoms with van der Waals surface area (Å²) in [7, 11) is 0. The number of ether oxygens (including phenoxy) is 1. The molecule has 1 fully saturated rings. The van der Waals surface area contributed by atoms with Crippen molar-refractivity contribution in [2.45, 2.75) is 59.4 Å². The fourth-order valence-electron chi connectivity index (χ4n) is 3.82. The Morgan fingerprint density at radius 2 is 1.97 bits per heavy atom. The zero-order valence-electron chi connectivity index (χ0n) is 18.5. The molecule has 0 saturated carbocycles. The summed E-state index contributed by atoms with van der Waals surface area (Å²) in [6.07, 6.45) is 3.23. The second-order valence-corrected chi connectivity index (χ2v) is 8.89. The average molecular weight is 468 g/mol. The molecule has 170 valence electrons. The van der Waals surface area contributed by atoms with Gasteiger partial charge >= 0.3 is 5.97 Å². The highest BCUT2D eigenvalue weighted by molar-refractivity contribution is 7.17. The molecule has 2 aromatic rings. The minimum Gasteiger partial charge on any atom is -0.462 e. The van der Waals surface area contributed by atoms with E-state index >= 15 is 0 Å². The van der Waals surface area contributed by atoms with Crippen molar-refractivity contribution in [2.75, 3.05) is 31.1 Å². The molecule has 1 aliphatic rings. The topological polar surface area (TPSA) is 91.4 Å². The molecule has 3 heterocycles. The van der Waals surface area contributed by atoms with Crippen LogP contribution in [0.3, 0.4) is 0 Å². The Morgan fingerprint density at radius 3 is 2.55 bits per heavy atom. The Bertz CT molecular complexity index is 920. The van der Waals surface area contributed by atoms with E-state index in [-0.39, 0.29) is 17.9 Å². The molecule has 8 nitrogen and oxygen atoms in total. The summed E-state index contributed by atoms with van der Waals surface area (Å²) in [6, 6.07) is 0.128. The number of carbonyl (C=O) groups excluding carboxylic acids is 2. The van der Waals surface area contributed by atoms with Crippen molar-refractivity contribution < 1.29 is 14.3 Å². The van der Waals surface area contributed by atoms with Crippen LogP contribution >= 0.6 is 22.9 Å². The number of thiazole rings is 1. The van der Waals surface area contributed by atoms with Gasteiger partial charge in [0.25, 0.3) is 5.91 Å². The van der Waals surface area contributed by atoms with Crippen LogP contribution in [0.1, 0.15) is 71.7 Å². The number of amides is 1. The van der Waals surface area contributed by atoms with E-state index in [1.807, 2.05) is 18.7 Å². The summed E-state index contributed by atoms with van der Waals surface area (Å²) in [5, 5.41) is 1.20. The number of hydrogen-bond donors (Lipinski definition) is 1. The number of H-pyrrole nitrogens is 1. The normalized spacial score (nSPS) is 14.7. The number of halogens is 1. The monoisotopic (exact) mass is 467 g/mol. The average Bonchev–Trinajstić information content (AvgIpc) is 3.34. The first-order valence-corrected chi connectivity index (χ1v) is 12.0. The fourth-order valence-corrected chi connectivity index (χ4v) is 5.10. The van der Waals surface area contributed by atoms with Crippen molar-refractivity contribution in [2.24, 2.45) is 0 Å². The van der Waals surface area contributed by atoms with Crippen LogP contribution in [0.25, 0.3) is 0 Å². The number of aromatic amines is 1. The van der Waals surface area contributed by atoms with Crippen LogP contribution in [0, 0.1) is 6.92 Å². The highest BCUT2D eigenvalue weighted by Crippen LogP contribution is 2.30. The third-order valence-electron chi connectivity index (χ3n) is 5.43. The van der Waals surface area contributed by atoms with E-state index in [9.17, 15) is 9.59 Å². The lowest BCUT2D eigenvalue weighted by molar-refractivity contribution is 0.0530. The summed E-state index contributed by atoms with van der Waals surface area (Å²) >= 11 is 7.52. The van der Waals surface area contributed by atoms with Crippen molar-refractivity contribution in [1.82, 2.24) is 19.9 Å². The molecule has 1 amide bonds. The van der Waals surface area contributed by atoms with Gasteiger partial charge in [0.05, 0.1) is 18.0 Å². The van der Waals surface area contributed by atoms with Crippen molar-refractivity contribution in [3.63, 3.8) is 0 Å². The van der Waals surface area contributed by atoms with E-state index in [2.05, 4.69) is 26.8 Å². The third kappa shape index (κ3) is 5.20. The van der Waals surface area contributed by atoms with Gasteiger partial charge in [-0.05, 0) is 39.5 Å². The maximum absolute atomic E-state index is 13.1. The molecule has 0 spiro atoms. The number of hydrogen-bond acceptors (Lipinski definition) is 7. The molecule has 1 N–H and O–H groups in total. The summed E-state index contributed by atoms with van der Waals surface area (Å²) in [5.41, 5.74) is 1.48. The van der Waals surface area contributed by atoms with Gasteiger partial charge in [0.1, 0.15) is 4.88 Å². The number of esters is 1. The van der Waals surface area contributed by atoms with Gasteiger partial charge in [-0.25, -0.2) is 14.8 Å². The van der Waals surface area contributed by atoms with Crippen LogP contribution in [0.15, 0.2) is 0 Å². The number of rotatable bonds is 8. The quantitative estimate of drug-likeness (QED) is 0.588. The molecule has 0 bridgehead atoms. The fraction of sp³-hybridized carbons (Fsp3) is 0.619. The van der Waals surface area contributed by atoms with Gasteiger partial charge in [-0.3, -0.25) is 4.79 Å². The Labute approximate surface area is 192 Å². The lowest BCUT2D eigenvalue weighted by Crippen LogP contribution is -2.48. The molecule has 31 heavy (non-hydrogen) atoms. The number of nitrogens with zero attached hydrogens (tertiary/aromatic N) is 4. The lowest BCUT2D eigenvalue weighted by Gasteiger charge is -2.38. The molecule has 10 heteroatoms. The number of carbonyl (C=O) groups is 2. The molecule has 1 aliphatic heterocycles. The Balaban J connectivity index is 1.68. The van der Waals surface area contributed by atoms with Crippen LogP contribution in [0.2, 0.25) is 5.15 Å². The zero-order chi connectivity index (χ0) is 22.5. The van der Waals surface area contributed by atoms with Gasteiger partial charge in [-0.15, -0.1) is 0 Å². The lowest BCUT2D eigenvalue weighted by atomic mass is 10.0. The molecule has 3 rings (SSSR count). The molecule has 0 unspecified atom stereocenters. The van der Waals surface area contributed by atoms with Crippen LogP contribution in [0.5, 0.6) is 0 Å². The molecule has 2 aromatic heterocycles. The van der Waals surface area contributed by atoms with Gasteiger partial charge < -0.3 is 19.5 Å². The first-order valence-electron chi connectivity index (χ1n) is 10.8. The molecule has 0 aromatic carbocycles. The second kappa shape index (κ2) is 10.5. The van der Waals surface area contributed by atoms with Crippen LogP contribution < -0.4 is 4.90 Å². The van der Waals surface area contributed by atoms with Crippen LogP contribution in [0.4, 0.5) is 5.13 Å². The number of aryl methyl sites for hydroxylation is 2. The molecule has 0 radical (unpaired) electrons. The van der Waals surface area contributed by atoms with Gasteiger partial charge in [-0.2, -0.15) is 0 Å². The van der Waals surface area contributed by atoms with Crippen molar-refractivity contribution >= 4 is 39.9 Å². The van der Waals surface area contributed by atoms with Gasteiger partial charge in [0, 0.05) is 25.7 Å². The highest BCUT2D eigenvalue weighted by atomic mass is 35.5. The number of nitrogens with one attached hydrogen (secondary N) is 1. The van der Waals surface area contributed by atoms with Gasteiger partial charge in [0.2, 0.25) is 0 Å². The summed E-state index contributed by atoms with van der Waals surface area (Å²) in [6.45, 7) is 10.2. The van der Waals surface area contributed by atoms with E-state index in [1.165, 1.54) is 11.3 Å². The minimum atomic E-state index is -0.318. The van der Waals surface area contributed by atoms with E-state index in [1.54, 1.807) is 6.92 Å². The maximum Gasteiger partial charge on any atom is 0.350 e. The summed E-state index contributed by atoms with van der Waals surface area (Å²) in [5.74, 6) is -0.106. The number of piperidine rings is 1. The molecular weight excluding hydrogens is 438 g/mol. The van der Waals surface area contributed by atoms with Crippen LogP contribution in [-0.4, -0.2) is 64.0 Å². The first kappa shape index (κ1) is 23.5. The van der Waals surface area contributed by atoms with E-state index in [4.69, 9.17) is 16.3 Å². The van der Waals surface area contributed by atoms with Crippen molar-refractivity contribution in [3.05, 3.63) is 27.2 Å². The molecular formula is C21H30ClN5O3S. The predicted molar refractivity (Wildman–Crippen MR) is 122 cm³/mol. The van der Waals surface area contributed by atoms with E-state index in [0.29, 0.717) is 41.1 Å². The highest BCUT2D eigenvalue weighted by Gasteiger charge is 2.31. The van der Waals surface area contributed by atoms with Gasteiger partial charge in [-0.1, -0.05) is 36.8 Å². The first-order chi connectivity index (χ1) is 14.9. The Morgan fingerprint density at radius 1 is 1.26 bits per heavy atom. The van der Waals surface area contributed by atoms with Gasteiger partial charge in [0.15, 0.2) is 16.1 Å². The number of imidazole rings is 1. The Hall–Kier alpha value is -2.13. The number of aromatic nitrogens is 3. The smallest absolute Gasteiger partial charge is 0.350 e. The zero-order valence-corrected chi connectivity index (χ0v) is 20.1. The molecule has 0 atom stereocenters. The summed E-state index contributed by atoms with van der Waals surface area (Å²) < 4.78 is 5.12. The van der Waals surface area contributed by atoms with Crippen molar-refractivity contribution in [1.29, 1.82) is 0 Å². The van der Waals surface area contributed by atoms with Crippen molar-refractivity contribution in [3.8, 4) is 0 Å². The van der Waals surface area contributed by atoms with Crippen LogP contribution in [-0.2, 0) is 11.2 Å². The largest absolute Gasteiger partial charge is 0.462 e. The summed E-state index contributed by atoms with van der Waals surface area (Å²) in [4.78, 5) is 41.8. The minimum absolute atomic E-state index is 0.100. The molecule has 0 aliphatic carbocycles. The van der Waals surface area contributed by atoms with E-state index in [0.717, 1.165) is 43.2 Å². The SMILES string of the molecule is CCCN(C(=O)c1nc(Cl)c(CC)[nH]1)C1CCN(c2nc(C)c(C(=O)OCC)s2)CC1. The molecule has 1 saturated heterocycles. The predicted octanol–water partition coefficient (Wildman–Crippen LogP) is 4.09. The second-order valence-electron chi connectivity index (χ2n) is 7.56.